The zero-order chi connectivity index (χ0) is 28.6. The minimum absolute atomic E-state index is 0.0826. The fraction of sp³-hybridized carbons (Fsp3) is 0.314. The maximum absolute atomic E-state index is 6.03. The first-order valence-corrected chi connectivity index (χ1v) is 14.4. The van der Waals surface area contributed by atoms with Gasteiger partial charge in [0.25, 0.3) is 0 Å². The zero-order valence-electron chi connectivity index (χ0n) is 23.8. The lowest BCUT2D eigenvalue weighted by molar-refractivity contribution is 0.0432. The fourth-order valence-corrected chi connectivity index (χ4v) is 4.40. The predicted molar refractivity (Wildman–Crippen MR) is 161 cm³/mol. The summed E-state index contributed by atoms with van der Waals surface area (Å²) in [6, 6.07) is 32.4. The maximum atomic E-state index is 6.03. The number of rotatable bonds is 16. The second kappa shape index (κ2) is 13.7. The molecule has 0 radical (unpaired) electrons. The van der Waals surface area contributed by atoms with Gasteiger partial charge in [-0.2, -0.15) is 0 Å². The molecule has 218 valence electrons. The molecule has 2 aliphatic heterocycles. The Morgan fingerprint density at radius 3 is 1.33 bits per heavy atom. The van der Waals surface area contributed by atoms with Crippen molar-refractivity contribution in [2.75, 3.05) is 46.2 Å². The van der Waals surface area contributed by atoms with Crippen molar-refractivity contribution >= 4 is 0 Å². The van der Waals surface area contributed by atoms with Gasteiger partial charge in [0.05, 0.1) is 26.4 Å². The van der Waals surface area contributed by atoms with Crippen molar-refractivity contribution in [1.29, 1.82) is 0 Å². The van der Waals surface area contributed by atoms with Crippen molar-refractivity contribution in [3.63, 3.8) is 0 Å². The second-order valence-electron chi connectivity index (χ2n) is 10.5. The lowest BCUT2D eigenvalue weighted by Gasteiger charge is -2.16. The van der Waals surface area contributed by atoms with Crippen LogP contribution in [0.15, 0.2) is 97.1 Å². The van der Waals surface area contributed by atoms with Crippen molar-refractivity contribution in [3.05, 3.63) is 97.1 Å². The van der Waals surface area contributed by atoms with E-state index < -0.39 is 0 Å². The SMILES string of the molecule is CC(COCCOc1ccc(-c2ccc(OCC3CO3)cc2)cc1)Oc1ccc(-c2ccc(OCC3CO3)cc2)cc1. The minimum Gasteiger partial charge on any atom is -0.491 e. The number of benzene rings is 4. The number of ether oxygens (including phenoxy) is 7. The first-order valence-electron chi connectivity index (χ1n) is 14.4. The molecule has 4 aromatic carbocycles. The Kier molecular flexibility index (Phi) is 9.20. The molecule has 0 aliphatic carbocycles. The second-order valence-corrected chi connectivity index (χ2v) is 10.5. The molecule has 0 bridgehead atoms. The molecule has 0 N–H and O–H groups in total. The summed E-state index contributed by atoms with van der Waals surface area (Å²) in [6.45, 7) is 6.24. The molecule has 0 saturated carbocycles. The van der Waals surface area contributed by atoms with Gasteiger partial charge < -0.3 is 33.2 Å². The Bertz CT molecular complexity index is 1380. The van der Waals surface area contributed by atoms with Crippen LogP contribution in [-0.2, 0) is 14.2 Å². The van der Waals surface area contributed by atoms with E-state index in [1.54, 1.807) is 0 Å². The molecule has 0 spiro atoms. The molecule has 7 nitrogen and oxygen atoms in total. The summed E-state index contributed by atoms with van der Waals surface area (Å²) in [5.41, 5.74) is 4.50. The summed E-state index contributed by atoms with van der Waals surface area (Å²) in [4.78, 5) is 0. The van der Waals surface area contributed by atoms with Crippen molar-refractivity contribution in [3.8, 4) is 45.3 Å². The molecule has 2 fully saturated rings. The molecule has 2 heterocycles. The smallest absolute Gasteiger partial charge is 0.119 e. The average Bonchev–Trinajstić information content (AvgIpc) is 3.96. The summed E-state index contributed by atoms with van der Waals surface area (Å²) < 4.78 is 39.5. The summed E-state index contributed by atoms with van der Waals surface area (Å²) in [5, 5.41) is 0. The lowest BCUT2D eigenvalue weighted by atomic mass is 10.1. The summed E-state index contributed by atoms with van der Waals surface area (Å²) in [6.07, 6.45) is 0.430. The molecule has 3 atom stereocenters. The first-order chi connectivity index (χ1) is 20.7. The number of hydrogen-bond acceptors (Lipinski definition) is 7. The van der Waals surface area contributed by atoms with E-state index in [9.17, 15) is 0 Å². The van der Waals surface area contributed by atoms with Gasteiger partial charge in [0.2, 0.25) is 0 Å². The normalized spacial score (nSPS) is 17.7. The van der Waals surface area contributed by atoms with Crippen LogP contribution in [0.5, 0.6) is 23.0 Å². The molecule has 42 heavy (non-hydrogen) atoms. The molecule has 7 heteroatoms. The fourth-order valence-electron chi connectivity index (χ4n) is 4.40. The van der Waals surface area contributed by atoms with E-state index in [0.717, 1.165) is 58.5 Å². The molecule has 3 unspecified atom stereocenters. The minimum atomic E-state index is -0.0826. The lowest BCUT2D eigenvalue weighted by Crippen LogP contribution is -2.21. The van der Waals surface area contributed by atoms with Gasteiger partial charge in [-0.3, -0.25) is 0 Å². The van der Waals surface area contributed by atoms with Crippen LogP contribution in [0.1, 0.15) is 6.92 Å². The third-order valence-corrected chi connectivity index (χ3v) is 6.95. The van der Waals surface area contributed by atoms with E-state index in [1.807, 2.05) is 55.5 Å². The summed E-state index contributed by atoms with van der Waals surface area (Å²) in [5.74, 6) is 3.34. The highest BCUT2D eigenvalue weighted by atomic mass is 16.6. The molecular formula is C35H36O7. The van der Waals surface area contributed by atoms with E-state index in [2.05, 4.69) is 48.5 Å². The van der Waals surface area contributed by atoms with Crippen molar-refractivity contribution in [2.24, 2.45) is 0 Å². The Balaban J connectivity index is 0.870. The predicted octanol–water partition coefficient (Wildman–Crippen LogP) is 6.44. The maximum Gasteiger partial charge on any atom is 0.119 e. The Hall–Kier alpha value is -4.04. The van der Waals surface area contributed by atoms with Crippen LogP contribution in [0.2, 0.25) is 0 Å². The van der Waals surface area contributed by atoms with E-state index in [0.29, 0.717) is 33.0 Å². The van der Waals surface area contributed by atoms with Crippen LogP contribution < -0.4 is 18.9 Å². The van der Waals surface area contributed by atoms with Crippen molar-refractivity contribution < 1.29 is 33.2 Å². The van der Waals surface area contributed by atoms with Crippen LogP contribution in [-0.4, -0.2) is 64.6 Å². The number of epoxide rings is 2. The van der Waals surface area contributed by atoms with E-state index in [1.165, 1.54) is 0 Å². The van der Waals surface area contributed by atoms with Crippen LogP contribution >= 0.6 is 0 Å². The van der Waals surface area contributed by atoms with Gasteiger partial charge in [-0.25, -0.2) is 0 Å². The Labute approximate surface area is 246 Å². The molecule has 4 aromatic rings. The van der Waals surface area contributed by atoms with Crippen molar-refractivity contribution in [1.82, 2.24) is 0 Å². The highest BCUT2D eigenvalue weighted by Gasteiger charge is 2.23. The topological polar surface area (TPSA) is 71.2 Å². The van der Waals surface area contributed by atoms with Crippen LogP contribution in [0.4, 0.5) is 0 Å². The van der Waals surface area contributed by atoms with Crippen LogP contribution in [0.3, 0.4) is 0 Å². The first kappa shape index (κ1) is 28.1. The summed E-state index contributed by atoms with van der Waals surface area (Å²) >= 11 is 0. The van der Waals surface area contributed by atoms with E-state index in [4.69, 9.17) is 33.2 Å². The Morgan fingerprint density at radius 1 is 0.548 bits per heavy atom. The van der Waals surface area contributed by atoms with Crippen LogP contribution in [0, 0.1) is 0 Å². The summed E-state index contributed by atoms with van der Waals surface area (Å²) in [7, 11) is 0. The van der Waals surface area contributed by atoms with Gasteiger partial charge >= 0.3 is 0 Å². The van der Waals surface area contributed by atoms with Gasteiger partial charge in [0, 0.05) is 0 Å². The quantitative estimate of drug-likeness (QED) is 0.114. The van der Waals surface area contributed by atoms with Gasteiger partial charge in [-0.15, -0.1) is 0 Å². The molecule has 2 aliphatic rings. The van der Waals surface area contributed by atoms with Gasteiger partial charge in [-0.1, -0.05) is 48.5 Å². The average molecular weight is 569 g/mol. The molecule has 2 saturated heterocycles. The highest BCUT2D eigenvalue weighted by molar-refractivity contribution is 5.65. The van der Waals surface area contributed by atoms with E-state index in [-0.39, 0.29) is 18.3 Å². The number of hydrogen-bond donors (Lipinski definition) is 0. The van der Waals surface area contributed by atoms with Crippen molar-refractivity contribution in [2.45, 2.75) is 25.2 Å². The Morgan fingerprint density at radius 2 is 0.929 bits per heavy atom. The van der Waals surface area contributed by atoms with Crippen LogP contribution in [0.25, 0.3) is 22.3 Å². The van der Waals surface area contributed by atoms with Gasteiger partial charge in [0.1, 0.15) is 61.1 Å². The van der Waals surface area contributed by atoms with Gasteiger partial charge in [-0.05, 0) is 77.7 Å². The third kappa shape index (κ3) is 8.49. The molecule has 0 aromatic heterocycles. The molecule has 0 amide bonds. The third-order valence-electron chi connectivity index (χ3n) is 6.95. The van der Waals surface area contributed by atoms with Gasteiger partial charge in [0.15, 0.2) is 0 Å². The monoisotopic (exact) mass is 568 g/mol. The highest BCUT2D eigenvalue weighted by Crippen LogP contribution is 2.27. The zero-order valence-corrected chi connectivity index (χ0v) is 23.8. The standard InChI is InChI=1S/C35H36O7/c1-25(42-33-16-8-29(9-17-33)28-6-14-32(15-7-28)39-22-35-24-41-35)20-36-18-19-37-30-10-2-26(3-11-30)27-4-12-31(13-5-27)38-21-34-23-40-34/h2-17,25,34-35H,18-24H2,1H3. The molecular weight excluding hydrogens is 532 g/mol. The van der Waals surface area contributed by atoms with E-state index >= 15 is 0 Å². The molecule has 6 rings (SSSR count). The largest absolute Gasteiger partial charge is 0.491 e.